The fourth-order valence-corrected chi connectivity index (χ4v) is 3.20. The highest BCUT2D eigenvalue weighted by Gasteiger charge is 2.10. The number of benzene rings is 1. The van der Waals surface area contributed by atoms with E-state index < -0.39 is 0 Å². The van der Waals surface area contributed by atoms with Crippen LogP contribution in [0.4, 0.5) is 0 Å². The zero-order chi connectivity index (χ0) is 24.8. The number of ether oxygens (including phenoxy) is 3. The maximum Gasteiger partial charge on any atom is 0.213 e. The number of pyridine rings is 1. The number of rotatable bonds is 15. The largest absolute Gasteiger partial charge is 0.490 e. The summed E-state index contributed by atoms with van der Waals surface area (Å²) in [5, 5.41) is 4.69. The lowest BCUT2D eigenvalue weighted by Crippen LogP contribution is -2.04. The molecule has 1 unspecified atom stereocenters. The van der Waals surface area contributed by atoms with E-state index >= 15 is 0 Å². The van der Waals surface area contributed by atoms with Gasteiger partial charge in [0.2, 0.25) is 5.88 Å². The number of hydrogen-bond donors (Lipinski definition) is 0. The summed E-state index contributed by atoms with van der Waals surface area (Å²) in [4.78, 5) is 9.59. The Hall–Kier alpha value is -1.86. The Morgan fingerprint density at radius 1 is 1.06 bits per heavy atom. The SMILES string of the molecule is CCC(C)ON=CCc1ccc(OCCCCOc2c(Cl)cc(OCC=C(Cl)Cl)cc2Cl)nc1. The summed E-state index contributed by atoms with van der Waals surface area (Å²) in [6.45, 7) is 5.20. The molecule has 0 radical (unpaired) electrons. The molecule has 0 aliphatic rings. The van der Waals surface area contributed by atoms with Crippen molar-refractivity contribution < 1.29 is 19.0 Å². The number of nitrogens with zero attached hydrogens (tertiary/aromatic N) is 2. The van der Waals surface area contributed by atoms with Crippen LogP contribution in [0.2, 0.25) is 10.0 Å². The molecule has 1 aromatic carbocycles. The van der Waals surface area contributed by atoms with Gasteiger partial charge >= 0.3 is 0 Å². The molecule has 0 aliphatic carbocycles. The first kappa shape index (κ1) is 28.4. The third kappa shape index (κ3) is 11.0. The second-order valence-corrected chi connectivity index (χ2v) is 9.07. The number of hydrogen-bond acceptors (Lipinski definition) is 6. The van der Waals surface area contributed by atoms with Gasteiger partial charge in [0.05, 0.1) is 23.3 Å². The second kappa shape index (κ2) is 15.9. The van der Waals surface area contributed by atoms with Gasteiger partial charge in [-0.1, -0.05) is 64.5 Å². The van der Waals surface area contributed by atoms with Gasteiger partial charge in [-0.25, -0.2) is 4.98 Å². The lowest BCUT2D eigenvalue weighted by molar-refractivity contribution is 0.0708. The maximum absolute atomic E-state index is 6.26. The fourth-order valence-electron chi connectivity index (χ4n) is 2.50. The topological polar surface area (TPSA) is 62.2 Å². The molecule has 0 amide bonds. The van der Waals surface area contributed by atoms with Crippen LogP contribution in [0.5, 0.6) is 17.4 Å². The summed E-state index contributed by atoms with van der Waals surface area (Å²) >= 11 is 23.6. The first-order valence-corrected chi connectivity index (χ1v) is 12.4. The van der Waals surface area contributed by atoms with Crippen LogP contribution >= 0.6 is 46.4 Å². The van der Waals surface area contributed by atoms with Crippen LogP contribution in [0.25, 0.3) is 0 Å². The number of unbranched alkanes of at least 4 members (excludes halogenated alkanes) is 1. The fraction of sp³-hybridized carbons (Fsp3) is 0.417. The van der Waals surface area contributed by atoms with Gasteiger partial charge in [-0.05, 0) is 37.8 Å². The Balaban J connectivity index is 1.66. The molecular weight excluding hydrogens is 522 g/mol. The van der Waals surface area contributed by atoms with Gasteiger partial charge in [-0.3, -0.25) is 0 Å². The van der Waals surface area contributed by atoms with E-state index in [0.29, 0.717) is 47.1 Å². The smallest absolute Gasteiger partial charge is 0.213 e. The summed E-state index contributed by atoms with van der Waals surface area (Å²) in [5.74, 6) is 1.48. The number of aromatic nitrogens is 1. The van der Waals surface area contributed by atoms with Crippen molar-refractivity contribution in [1.82, 2.24) is 4.98 Å². The molecule has 1 aromatic heterocycles. The Morgan fingerprint density at radius 3 is 2.38 bits per heavy atom. The van der Waals surface area contributed by atoms with Crippen molar-refractivity contribution in [2.45, 2.75) is 45.6 Å². The summed E-state index contributed by atoms with van der Waals surface area (Å²) in [6, 6.07) is 7.05. The van der Waals surface area contributed by atoms with Crippen LogP contribution in [0.15, 0.2) is 46.2 Å². The van der Waals surface area contributed by atoms with E-state index in [-0.39, 0.29) is 17.2 Å². The van der Waals surface area contributed by atoms with E-state index in [0.717, 1.165) is 24.8 Å². The van der Waals surface area contributed by atoms with Crippen molar-refractivity contribution in [2.24, 2.45) is 5.16 Å². The highest BCUT2D eigenvalue weighted by Crippen LogP contribution is 2.37. The van der Waals surface area contributed by atoms with Crippen LogP contribution in [-0.4, -0.2) is 37.1 Å². The predicted octanol–water partition coefficient (Wildman–Crippen LogP) is 7.67. The molecule has 2 rings (SSSR count). The van der Waals surface area contributed by atoms with Crippen LogP contribution in [-0.2, 0) is 11.3 Å². The van der Waals surface area contributed by atoms with Crippen LogP contribution < -0.4 is 14.2 Å². The van der Waals surface area contributed by atoms with Gasteiger partial charge in [-0.2, -0.15) is 0 Å². The van der Waals surface area contributed by atoms with Gasteiger partial charge in [-0.15, -0.1) is 0 Å². The molecule has 2 aromatic rings. The molecule has 10 heteroatoms. The molecule has 1 heterocycles. The van der Waals surface area contributed by atoms with Crippen molar-refractivity contribution >= 4 is 52.6 Å². The first-order valence-electron chi connectivity index (χ1n) is 10.9. The molecule has 0 saturated heterocycles. The minimum atomic E-state index is 0.120. The Labute approximate surface area is 220 Å². The molecule has 0 spiro atoms. The van der Waals surface area contributed by atoms with Gasteiger partial charge in [0.1, 0.15) is 23.0 Å². The summed E-state index contributed by atoms with van der Waals surface area (Å²) < 4.78 is 17.0. The van der Waals surface area contributed by atoms with E-state index in [1.54, 1.807) is 24.5 Å². The Kier molecular flexibility index (Phi) is 13.3. The van der Waals surface area contributed by atoms with Crippen molar-refractivity contribution in [3.05, 3.63) is 56.6 Å². The van der Waals surface area contributed by atoms with E-state index in [1.807, 2.05) is 19.1 Å². The molecule has 0 N–H and O–H groups in total. The lowest BCUT2D eigenvalue weighted by Gasteiger charge is -2.12. The molecule has 0 bridgehead atoms. The third-order valence-corrected chi connectivity index (χ3v) is 5.38. The first-order chi connectivity index (χ1) is 16.4. The normalized spacial score (nSPS) is 11.8. The zero-order valence-corrected chi connectivity index (χ0v) is 22.1. The minimum Gasteiger partial charge on any atom is -0.490 e. The van der Waals surface area contributed by atoms with Crippen molar-refractivity contribution in [2.75, 3.05) is 19.8 Å². The Morgan fingerprint density at radius 2 is 1.76 bits per heavy atom. The van der Waals surface area contributed by atoms with Gasteiger partial charge in [0.25, 0.3) is 0 Å². The highest BCUT2D eigenvalue weighted by atomic mass is 35.5. The Bertz CT molecular complexity index is 912. The average molecular weight is 550 g/mol. The average Bonchev–Trinajstić information content (AvgIpc) is 2.80. The van der Waals surface area contributed by atoms with Crippen molar-refractivity contribution in [3.8, 4) is 17.4 Å². The number of halogens is 4. The molecule has 6 nitrogen and oxygen atoms in total. The van der Waals surface area contributed by atoms with Crippen LogP contribution in [0.3, 0.4) is 0 Å². The minimum absolute atomic E-state index is 0.120. The molecule has 0 fully saturated rings. The van der Waals surface area contributed by atoms with Gasteiger partial charge < -0.3 is 19.0 Å². The van der Waals surface area contributed by atoms with Crippen LogP contribution in [0.1, 0.15) is 38.7 Å². The summed E-state index contributed by atoms with van der Waals surface area (Å²) in [5.41, 5.74) is 1.03. The summed E-state index contributed by atoms with van der Waals surface area (Å²) in [7, 11) is 0. The monoisotopic (exact) mass is 548 g/mol. The van der Waals surface area contributed by atoms with E-state index in [2.05, 4.69) is 17.1 Å². The molecule has 0 saturated carbocycles. The third-order valence-electron chi connectivity index (χ3n) is 4.51. The van der Waals surface area contributed by atoms with Crippen molar-refractivity contribution in [1.29, 1.82) is 0 Å². The van der Waals surface area contributed by atoms with E-state index in [1.165, 1.54) is 6.08 Å². The van der Waals surface area contributed by atoms with Crippen molar-refractivity contribution in [3.63, 3.8) is 0 Å². The summed E-state index contributed by atoms with van der Waals surface area (Å²) in [6.07, 6.45) is 8.25. The standard InChI is InChI=1S/C24H28Cl4N2O4/c1-3-17(2)34-30-10-8-18-6-7-23(29-16-18)32-11-4-5-12-33-24-20(25)14-19(15-21(24)26)31-13-9-22(27)28/h6-7,9-10,14-17H,3-5,8,11-13H2,1-2H3. The molecule has 1 atom stereocenters. The van der Waals surface area contributed by atoms with E-state index in [9.17, 15) is 0 Å². The highest BCUT2D eigenvalue weighted by molar-refractivity contribution is 6.55. The zero-order valence-electron chi connectivity index (χ0n) is 19.1. The lowest BCUT2D eigenvalue weighted by atomic mass is 10.2. The van der Waals surface area contributed by atoms with E-state index in [4.69, 9.17) is 65.5 Å². The van der Waals surface area contributed by atoms with Gasteiger partial charge in [0.15, 0.2) is 5.75 Å². The predicted molar refractivity (Wildman–Crippen MR) is 139 cm³/mol. The maximum atomic E-state index is 6.26. The molecular formula is C24H28Cl4N2O4. The quantitative estimate of drug-likeness (QED) is 0.129. The molecule has 186 valence electrons. The van der Waals surface area contributed by atoms with Gasteiger partial charge in [0, 0.05) is 37.0 Å². The second-order valence-electron chi connectivity index (χ2n) is 7.25. The number of oxime groups is 1. The van der Waals surface area contributed by atoms with Crippen LogP contribution in [0, 0.1) is 0 Å². The molecule has 0 aliphatic heterocycles. The molecule has 34 heavy (non-hydrogen) atoms.